The first kappa shape index (κ1) is 12.6. The van der Waals surface area contributed by atoms with Crippen molar-refractivity contribution < 1.29 is 18.7 Å². The predicted molar refractivity (Wildman–Crippen MR) is 58.4 cm³/mol. The minimum absolute atomic E-state index is 0.125. The summed E-state index contributed by atoms with van der Waals surface area (Å²) >= 11 is 7.15. The normalized spacial score (nSPS) is 10.7. The van der Waals surface area contributed by atoms with E-state index in [-0.39, 0.29) is 26.3 Å². The van der Waals surface area contributed by atoms with Crippen LogP contribution in [-0.2, 0) is 5.88 Å². The maximum Gasteiger partial charge on any atom is 0.355 e. The van der Waals surface area contributed by atoms with Gasteiger partial charge in [-0.2, -0.15) is 0 Å². The molecule has 0 aliphatic heterocycles. The van der Waals surface area contributed by atoms with Crippen LogP contribution in [0.3, 0.4) is 0 Å². The third-order valence-electron chi connectivity index (χ3n) is 1.73. The quantitative estimate of drug-likeness (QED) is 0.675. The molecule has 0 atom stereocenters. The molecule has 15 heavy (non-hydrogen) atoms. The van der Waals surface area contributed by atoms with Crippen molar-refractivity contribution in [1.29, 1.82) is 0 Å². The fourth-order valence-corrected chi connectivity index (χ4v) is 2.40. The van der Waals surface area contributed by atoms with Crippen LogP contribution in [0.2, 0.25) is 0 Å². The molecule has 0 aliphatic carbocycles. The van der Waals surface area contributed by atoms with Gasteiger partial charge in [-0.05, 0) is 28.2 Å². The third-order valence-corrected chi connectivity index (χ3v) is 3.15. The maximum atomic E-state index is 12.5. The molecule has 0 aliphatic rings. The van der Waals surface area contributed by atoms with Crippen molar-refractivity contribution in [2.45, 2.75) is 12.3 Å². The van der Waals surface area contributed by atoms with Crippen LogP contribution < -0.4 is 0 Å². The van der Waals surface area contributed by atoms with E-state index in [4.69, 9.17) is 16.7 Å². The van der Waals surface area contributed by atoms with Crippen LogP contribution in [0.4, 0.5) is 8.78 Å². The van der Waals surface area contributed by atoms with Gasteiger partial charge in [0, 0.05) is 17.6 Å². The number of aromatic carboxylic acids is 1. The second-order valence-corrected chi connectivity index (χ2v) is 3.94. The average Bonchev–Trinajstić information content (AvgIpc) is 2.16. The van der Waals surface area contributed by atoms with Gasteiger partial charge in [0.05, 0.1) is 3.57 Å². The third kappa shape index (κ3) is 2.54. The number of alkyl halides is 3. The first-order valence-electron chi connectivity index (χ1n) is 3.73. The molecular weight excluding hydrogens is 342 g/mol. The zero-order valence-electron chi connectivity index (χ0n) is 7.18. The van der Waals surface area contributed by atoms with Crippen molar-refractivity contribution in [2.24, 2.45) is 0 Å². The van der Waals surface area contributed by atoms with Crippen molar-refractivity contribution in [3.8, 4) is 0 Å². The lowest BCUT2D eigenvalue weighted by molar-refractivity contribution is 0.0688. The van der Waals surface area contributed by atoms with Gasteiger partial charge in [0.1, 0.15) is 0 Å². The fraction of sp³-hybridized carbons (Fsp3) is 0.250. The molecule has 0 spiro atoms. The van der Waals surface area contributed by atoms with Crippen LogP contribution in [0.5, 0.6) is 0 Å². The standard InChI is InChI=1S/C8H5ClF2INO2/c9-1-3-4(7(10)11)2-13-6(5(3)12)8(14)15/h2,7H,1H2,(H,14,15). The number of hydrogen-bond acceptors (Lipinski definition) is 2. The van der Waals surface area contributed by atoms with Crippen LogP contribution in [0.25, 0.3) is 0 Å². The second-order valence-electron chi connectivity index (χ2n) is 2.59. The Hall–Kier alpha value is -0.500. The fourth-order valence-electron chi connectivity index (χ4n) is 1.01. The SMILES string of the molecule is O=C(O)c1ncc(C(F)F)c(CCl)c1I. The highest BCUT2D eigenvalue weighted by Crippen LogP contribution is 2.28. The van der Waals surface area contributed by atoms with E-state index in [2.05, 4.69) is 4.98 Å². The van der Waals surface area contributed by atoms with Gasteiger partial charge in [0.15, 0.2) is 5.69 Å². The topological polar surface area (TPSA) is 50.2 Å². The first-order chi connectivity index (χ1) is 6.99. The van der Waals surface area contributed by atoms with E-state index in [1.807, 2.05) is 0 Å². The summed E-state index contributed by atoms with van der Waals surface area (Å²) in [5, 5.41) is 8.72. The molecule has 0 unspecified atom stereocenters. The summed E-state index contributed by atoms with van der Waals surface area (Å²) in [5.74, 6) is -1.42. The number of aromatic nitrogens is 1. The predicted octanol–water partition coefficient (Wildman–Crippen LogP) is 3.06. The van der Waals surface area contributed by atoms with Gasteiger partial charge in [0.2, 0.25) is 0 Å². The molecule has 0 saturated carbocycles. The molecule has 1 rings (SSSR count). The minimum Gasteiger partial charge on any atom is -0.476 e. The summed E-state index contributed by atoms with van der Waals surface area (Å²) in [5.41, 5.74) is -0.449. The molecule has 0 saturated heterocycles. The lowest BCUT2D eigenvalue weighted by atomic mass is 10.1. The summed E-state index contributed by atoms with van der Waals surface area (Å²) in [4.78, 5) is 14.1. The van der Waals surface area contributed by atoms with Crippen LogP contribution in [-0.4, -0.2) is 16.1 Å². The molecule has 0 radical (unpaired) electrons. The summed E-state index contributed by atoms with van der Waals surface area (Å²) < 4.78 is 25.1. The van der Waals surface area contributed by atoms with E-state index in [1.54, 1.807) is 22.6 Å². The lowest BCUT2D eigenvalue weighted by Crippen LogP contribution is -2.08. The Kier molecular flexibility index (Phi) is 4.21. The van der Waals surface area contributed by atoms with Crippen molar-refractivity contribution in [2.75, 3.05) is 0 Å². The Morgan fingerprint density at radius 1 is 1.67 bits per heavy atom. The van der Waals surface area contributed by atoms with Crippen LogP contribution in [0.15, 0.2) is 6.20 Å². The number of carbonyl (C=O) groups is 1. The zero-order chi connectivity index (χ0) is 11.6. The Balaban J connectivity index is 3.39. The number of hydrogen-bond donors (Lipinski definition) is 1. The second kappa shape index (κ2) is 5.02. The monoisotopic (exact) mass is 347 g/mol. The van der Waals surface area contributed by atoms with Gasteiger partial charge in [-0.1, -0.05) is 0 Å². The lowest BCUT2D eigenvalue weighted by Gasteiger charge is -2.09. The van der Waals surface area contributed by atoms with Gasteiger partial charge < -0.3 is 5.11 Å². The smallest absolute Gasteiger partial charge is 0.355 e. The molecular formula is C8H5ClF2INO2. The highest BCUT2D eigenvalue weighted by atomic mass is 127. The van der Waals surface area contributed by atoms with Crippen molar-refractivity contribution in [3.63, 3.8) is 0 Å². The number of carboxylic acids is 1. The Morgan fingerprint density at radius 2 is 2.27 bits per heavy atom. The molecule has 0 amide bonds. The molecule has 1 aromatic rings. The van der Waals surface area contributed by atoms with Crippen LogP contribution in [0, 0.1) is 3.57 Å². The van der Waals surface area contributed by atoms with Crippen LogP contribution >= 0.6 is 34.2 Å². The van der Waals surface area contributed by atoms with Crippen molar-refractivity contribution in [1.82, 2.24) is 4.98 Å². The molecule has 1 aromatic heterocycles. The van der Waals surface area contributed by atoms with Gasteiger partial charge in [-0.25, -0.2) is 18.6 Å². The van der Waals surface area contributed by atoms with E-state index in [0.29, 0.717) is 0 Å². The van der Waals surface area contributed by atoms with E-state index in [1.165, 1.54) is 0 Å². The van der Waals surface area contributed by atoms with Gasteiger partial charge in [-0.3, -0.25) is 0 Å². The number of pyridine rings is 1. The highest BCUT2D eigenvalue weighted by Gasteiger charge is 2.21. The molecule has 7 heteroatoms. The molecule has 0 aromatic carbocycles. The Bertz CT molecular complexity index is 400. The zero-order valence-corrected chi connectivity index (χ0v) is 10.1. The highest BCUT2D eigenvalue weighted by molar-refractivity contribution is 14.1. The molecule has 0 bridgehead atoms. The van der Waals surface area contributed by atoms with E-state index in [9.17, 15) is 13.6 Å². The maximum absolute atomic E-state index is 12.5. The number of nitrogens with zero attached hydrogens (tertiary/aromatic N) is 1. The number of halogens is 4. The largest absolute Gasteiger partial charge is 0.476 e. The van der Waals surface area contributed by atoms with E-state index in [0.717, 1.165) is 6.20 Å². The first-order valence-corrected chi connectivity index (χ1v) is 5.35. The summed E-state index contributed by atoms with van der Waals surface area (Å²) in [6.45, 7) is 0. The van der Waals surface area contributed by atoms with Gasteiger partial charge in [-0.15, -0.1) is 11.6 Å². The summed E-state index contributed by atoms with van der Waals surface area (Å²) in [6.07, 6.45) is -1.85. The average molecular weight is 347 g/mol. The molecule has 3 nitrogen and oxygen atoms in total. The van der Waals surface area contributed by atoms with Gasteiger partial charge in [0.25, 0.3) is 6.43 Å². The van der Waals surface area contributed by atoms with E-state index >= 15 is 0 Å². The number of carboxylic acid groups (broad SMARTS) is 1. The van der Waals surface area contributed by atoms with Crippen LogP contribution in [0.1, 0.15) is 28.0 Å². The molecule has 0 fully saturated rings. The Morgan fingerprint density at radius 3 is 2.67 bits per heavy atom. The Labute approximate surface area is 103 Å². The molecule has 82 valence electrons. The summed E-state index contributed by atoms with van der Waals surface area (Å²) in [6, 6.07) is 0. The summed E-state index contributed by atoms with van der Waals surface area (Å²) in [7, 11) is 0. The van der Waals surface area contributed by atoms with Crippen molar-refractivity contribution >= 4 is 40.2 Å². The van der Waals surface area contributed by atoms with Gasteiger partial charge >= 0.3 is 5.97 Å². The molecule has 1 N–H and O–H groups in total. The number of rotatable bonds is 3. The van der Waals surface area contributed by atoms with Crippen molar-refractivity contribution in [3.05, 3.63) is 26.6 Å². The molecule has 1 heterocycles. The van der Waals surface area contributed by atoms with E-state index < -0.39 is 12.4 Å². The minimum atomic E-state index is -2.71.